The van der Waals surface area contributed by atoms with Crippen LogP contribution < -0.4 is 16.3 Å². The summed E-state index contributed by atoms with van der Waals surface area (Å²) in [5, 5.41) is 6.56. The van der Waals surface area contributed by atoms with Crippen LogP contribution in [0.4, 0.5) is 11.4 Å². The summed E-state index contributed by atoms with van der Waals surface area (Å²) in [5.41, 5.74) is 4.82. The summed E-state index contributed by atoms with van der Waals surface area (Å²) >= 11 is 0. The maximum absolute atomic E-state index is 12.4. The SMILES string of the molecule is Cc1ccc(C(=O)Nc2ccc(CCC(=O)Nc3ccc4c(C)cc(=O)oc4c3)cc2)cc1. The Hall–Kier alpha value is -4.19. The van der Waals surface area contributed by atoms with Crippen molar-refractivity contribution in [3.63, 3.8) is 0 Å². The Bertz CT molecular complexity index is 1370. The summed E-state index contributed by atoms with van der Waals surface area (Å²) in [7, 11) is 0. The van der Waals surface area contributed by atoms with E-state index in [0.717, 1.165) is 22.1 Å². The van der Waals surface area contributed by atoms with Crippen molar-refractivity contribution < 1.29 is 14.0 Å². The summed E-state index contributed by atoms with van der Waals surface area (Å²) in [6.07, 6.45) is 0.852. The highest BCUT2D eigenvalue weighted by Crippen LogP contribution is 2.21. The monoisotopic (exact) mass is 440 g/mol. The number of carbonyl (C=O) groups excluding carboxylic acids is 2. The largest absolute Gasteiger partial charge is 0.423 e. The molecule has 0 saturated heterocycles. The predicted molar refractivity (Wildman–Crippen MR) is 130 cm³/mol. The van der Waals surface area contributed by atoms with Crippen LogP contribution in [-0.2, 0) is 11.2 Å². The first kappa shape index (κ1) is 22.0. The first-order chi connectivity index (χ1) is 15.9. The van der Waals surface area contributed by atoms with E-state index in [1.807, 2.05) is 56.3 Å². The van der Waals surface area contributed by atoms with Gasteiger partial charge in [0.05, 0.1) is 0 Å². The summed E-state index contributed by atoms with van der Waals surface area (Å²) in [5.74, 6) is -0.301. The fourth-order valence-corrected chi connectivity index (χ4v) is 3.55. The average molecular weight is 440 g/mol. The number of carbonyl (C=O) groups is 2. The molecule has 4 aromatic rings. The third-order valence-electron chi connectivity index (χ3n) is 5.40. The first-order valence-corrected chi connectivity index (χ1v) is 10.7. The van der Waals surface area contributed by atoms with E-state index >= 15 is 0 Å². The van der Waals surface area contributed by atoms with E-state index in [-0.39, 0.29) is 11.8 Å². The van der Waals surface area contributed by atoms with Gasteiger partial charge in [0.2, 0.25) is 5.91 Å². The number of aryl methyl sites for hydroxylation is 3. The second-order valence-corrected chi connectivity index (χ2v) is 8.02. The first-order valence-electron chi connectivity index (χ1n) is 10.7. The summed E-state index contributed by atoms with van der Waals surface area (Å²) in [6, 6.07) is 21.6. The van der Waals surface area contributed by atoms with Crippen molar-refractivity contribution in [2.75, 3.05) is 10.6 Å². The molecule has 33 heavy (non-hydrogen) atoms. The topological polar surface area (TPSA) is 88.4 Å². The smallest absolute Gasteiger partial charge is 0.336 e. The zero-order valence-electron chi connectivity index (χ0n) is 18.5. The number of hydrogen-bond acceptors (Lipinski definition) is 4. The van der Waals surface area contributed by atoms with E-state index in [1.165, 1.54) is 6.07 Å². The zero-order valence-corrected chi connectivity index (χ0v) is 18.5. The van der Waals surface area contributed by atoms with Gasteiger partial charge in [0, 0.05) is 40.9 Å². The molecule has 0 atom stereocenters. The van der Waals surface area contributed by atoms with Gasteiger partial charge in [-0.05, 0) is 67.8 Å². The zero-order chi connectivity index (χ0) is 23.4. The predicted octanol–water partition coefficient (Wildman–Crippen LogP) is 5.23. The van der Waals surface area contributed by atoms with E-state index < -0.39 is 5.63 Å². The molecule has 6 heteroatoms. The third kappa shape index (κ3) is 5.54. The molecule has 1 heterocycles. The van der Waals surface area contributed by atoms with Crippen molar-refractivity contribution in [3.8, 4) is 0 Å². The minimum absolute atomic E-state index is 0.138. The fourth-order valence-electron chi connectivity index (χ4n) is 3.55. The Labute approximate surface area is 191 Å². The van der Waals surface area contributed by atoms with Crippen molar-refractivity contribution in [2.45, 2.75) is 26.7 Å². The Morgan fingerprint density at radius 1 is 0.818 bits per heavy atom. The Morgan fingerprint density at radius 2 is 1.52 bits per heavy atom. The average Bonchev–Trinajstić information content (AvgIpc) is 2.78. The lowest BCUT2D eigenvalue weighted by molar-refractivity contribution is -0.116. The fraction of sp³-hybridized carbons (Fsp3) is 0.148. The van der Waals surface area contributed by atoms with Gasteiger partial charge in [-0.3, -0.25) is 9.59 Å². The molecule has 0 saturated carbocycles. The molecule has 4 rings (SSSR count). The van der Waals surface area contributed by atoms with Gasteiger partial charge in [0.25, 0.3) is 5.91 Å². The van der Waals surface area contributed by atoms with Crippen LogP contribution in [0.5, 0.6) is 0 Å². The quantitative estimate of drug-likeness (QED) is 0.402. The van der Waals surface area contributed by atoms with Gasteiger partial charge >= 0.3 is 5.63 Å². The number of benzene rings is 3. The Kier molecular flexibility index (Phi) is 6.36. The summed E-state index contributed by atoms with van der Waals surface area (Å²) in [6.45, 7) is 3.82. The third-order valence-corrected chi connectivity index (χ3v) is 5.40. The number of amides is 2. The van der Waals surface area contributed by atoms with Crippen molar-refractivity contribution in [3.05, 3.63) is 105 Å². The molecule has 0 aliphatic heterocycles. The molecule has 0 spiro atoms. The van der Waals surface area contributed by atoms with E-state index in [9.17, 15) is 14.4 Å². The van der Waals surface area contributed by atoms with Gasteiger partial charge in [-0.1, -0.05) is 29.8 Å². The lowest BCUT2D eigenvalue weighted by Crippen LogP contribution is -2.13. The molecule has 0 aliphatic rings. The highest BCUT2D eigenvalue weighted by Gasteiger charge is 2.08. The molecule has 2 amide bonds. The molecule has 0 aliphatic carbocycles. The Balaban J connectivity index is 1.32. The van der Waals surface area contributed by atoms with Gasteiger partial charge in [0.15, 0.2) is 0 Å². The number of fused-ring (bicyclic) bond motifs is 1. The second kappa shape index (κ2) is 9.53. The van der Waals surface area contributed by atoms with Crippen molar-refractivity contribution in [1.29, 1.82) is 0 Å². The van der Waals surface area contributed by atoms with Gasteiger partial charge in [-0.15, -0.1) is 0 Å². The van der Waals surface area contributed by atoms with Crippen molar-refractivity contribution in [2.24, 2.45) is 0 Å². The van der Waals surface area contributed by atoms with Gasteiger partial charge in [-0.25, -0.2) is 4.79 Å². The molecule has 0 fully saturated rings. The molecular formula is C27H24N2O4. The van der Waals surface area contributed by atoms with Crippen molar-refractivity contribution >= 4 is 34.2 Å². The number of nitrogens with one attached hydrogen (secondary N) is 2. The molecule has 166 valence electrons. The maximum Gasteiger partial charge on any atom is 0.336 e. The van der Waals surface area contributed by atoms with E-state index in [0.29, 0.717) is 35.4 Å². The standard InChI is InChI=1S/C27H24N2O4/c1-17-3-8-20(9-4-17)27(32)29-21-10-5-19(6-11-21)7-14-25(30)28-22-12-13-23-18(2)15-26(31)33-24(23)16-22/h3-6,8-13,15-16H,7,14H2,1-2H3,(H,28,30)(H,29,32). The highest BCUT2D eigenvalue weighted by molar-refractivity contribution is 6.04. The highest BCUT2D eigenvalue weighted by atomic mass is 16.4. The number of hydrogen-bond donors (Lipinski definition) is 2. The van der Waals surface area contributed by atoms with Gasteiger partial charge in [0.1, 0.15) is 5.58 Å². The molecule has 3 aromatic carbocycles. The van der Waals surface area contributed by atoms with Crippen LogP contribution >= 0.6 is 0 Å². The van der Waals surface area contributed by atoms with E-state index in [1.54, 1.807) is 24.3 Å². The van der Waals surface area contributed by atoms with Gasteiger partial charge < -0.3 is 15.1 Å². The molecule has 0 radical (unpaired) electrons. The molecular weight excluding hydrogens is 416 g/mol. The summed E-state index contributed by atoms with van der Waals surface area (Å²) in [4.78, 5) is 36.3. The van der Waals surface area contributed by atoms with Crippen LogP contribution in [0.3, 0.4) is 0 Å². The molecule has 0 unspecified atom stereocenters. The molecule has 6 nitrogen and oxygen atoms in total. The van der Waals surface area contributed by atoms with Gasteiger partial charge in [-0.2, -0.15) is 0 Å². The molecule has 1 aromatic heterocycles. The lowest BCUT2D eigenvalue weighted by atomic mass is 10.1. The normalized spacial score (nSPS) is 10.7. The van der Waals surface area contributed by atoms with Crippen LogP contribution in [0.25, 0.3) is 11.0 Å². The molecule has 2 N–H and O–H groups in total. The molecule has 0 bridgehead atoms. The van der Waals surface area contributed by atoms with E-state index in [2.05, 4.69) is 10.6 Å². The second-order valence-electron chi connectivity index (χ2n) is 8.02. The van der Waals surface area contributed by atoms with Crippen molar-refractivity contribution in [1.82, 2.24) is 0 Å². The van der Waals surface area contributed by atoms with Crippen LogP contribution in [0.15, 0.2) is 82.0 Å². The van der Waals surface area contributed by atoms with E-state index in [4.69, 9.17) is 4.42 Å². The summed E-state index contributed by atoms with van der Waals surface area (Å²) < 4.78 is 5.23. The maximum atomic E-state index is 12.4. The van der Waals surface area contributed by atoms with Crippen LogP contribution in [0.1, 0.15) is 33.5 Å². The van der Waals surface area contributed by atoms with Crippen LogP contribution in [0, 0.1) is 13.8 Å². The number of rotatable bonds is 6. The minimum atomic E-state index is -0.415. The van der Waals surface area contributed by atoms with Crippen LogP contribution in [-0.4, -0.2) is 11.8 Å². The lowest BCUT2D eigenvalue weighted by Gasteiger charge is -2.08. The number of anilines is 2. The van der Waals surface area contributed by atoms with Crippen LogP contribution in [0.2, 0.25) is 0 Å². The Morgan fingerprint density at radius 3 is 2.24 bits per heavy atom. The minimum Gasteiger partial charge on any atom is -0.423 e.